The summed E-state index contributed by atoms with van der Waals surface area (Å²) in [6.07, 6.45) is 0. The van der Waals surface area contributed by atoms with E-state index in [1.165, 1.54) is 24.3 Å². The number of aromatic carboxylic acids is 1. The Morgan fingerprint density at radius 2 is 1.68 bits per heavy atom. The van der Waals surface area contributed by atoms with Gasteiger partial charge in [0, 0.05) is 0 Å². The van der Waals surface area contributed by atoms with Crippen molar-refractivity contribution in [2.24, 2.45) is 0 Å². The van der Waals surface area contributed by atoms with Crippen LogP contribution in [0, 0.1) is 6.92 Å². The molecule has 0 aliphatic rings. The molecule has 0 amide bonds. The molecule has 144 valence electrons. The van der Waals surface area contributed by atoms with E-state index >= 15 is 0 Å². The predicted molar refractivity (Wildman–Crippen MR) is 106 cm³/mol. The molecule has 3 rings (SSSR count). The van der Waals surface area contributed by atoms with Crippen molar-refractivity contribution in [3.63, 3.8) is 0 Å². The van der Waals surface area contributed by atoms with Crippen molar-refractivity contribution >= 4 is 21.7 Å². The maximum Gasteiger partial charge on any atom is 0.335 e. The van der Waals surface area contributed by atoms with Gasteiger partial charge in [0.05, 0.1) is 16.1 Å². The lowest BCUT2D eigenvalue weighted by molar-refractivity contribution is 0.0697. The van der Waals surface area contributed by atoms with Crippen LogP contribution >= 0.6 is 0 Å². The zero-order valence-electron chi connectivity index (χ0n) is 15.1. The van der Waals surface area contributed by atoms with Crippen LogP contribution in [0.4, 0.5) is 5.69 Å². The molecule has 0 aliphatic heterocycles. The molecule has 7 heteroatoms. The number of carboxylic acid groups (broad SMARTS) is 1. The van der Waals surface area contributed by atoms with Crippen LogP contribution in [0.25, 0.3) is 0 Å². The van der Waals surface area contributed by atoms with E-state index < -0.39 is 16.0 Å². The molecule has 0 saturated heterocycles. The maximum atomic E-state index is 12.6. The topological polar surface area (TPSA) is 92.7 Å². The lowest BCUT2D eigenvalue weighted by Gasteiger charge is -2.15. The summed E-state index contributed by atoms with van der Waals surface area (Å²) < 4.78 is 33.6. The van der Waals surface area contributed by atoms with Gasteiger partial charge in [0.25, 0.3) is 10.0 Å². The van der Waals surface area contributed by atoms with Crippen LogP contribution in [0.3, 0.4) is 0 Å². The van der Waals surface area contributed by atoms with Crippen LogP contribution in [0.5, 0.6) is 5.75 Å². The zero-order chi connectivity index (χ0) is 20.1. The number of aryl methyl sites for hydroxylation is 1. The number of carbonyl (C=O) groups is 1. The number of nitrogens with one attached hydrogen (secondary N) is 1. The molecular weight excluding hydrogens is 378 g/mol. The van der Waals surface area contributed by atoms with Gasteiger partial charge >= 0.3 is 5.97 Å². The molecule has 3 aromatic rings. The van der Waals surface area contributed by atoms with Gasteiger partial charge in [0.2, 0.25) is 0 Å². The van der Waals surface area contributed by atoms with Gasteiger partial charge in [0.1, 0.15) is 12.4 Å². The van der Waals surface area contributed by atoms with Crippen LogP contribution < -0.4 is 9.46 Å². The number of hydrogen-bond acceptors (Lipinski definition) is 4. The fraction of sp³-hybridized carbons (Fsp3) is 0.0952. The molecule has 0 heterocycles. The van der Waals surface area contributed by atoms with Crippen molar-refractivity contribution in [1.29, 1.82) is 0 Å². The molecular formula is C21H19NO5S. The van der Waals surface area contributed by atoms with Gasteiger partial charge in [-0.2, -0.15) is 0 Å². The Balaban J connectivity index is 1.80. The van der Waals surface area contributed by atoms with Crippen molar-refractivity contribution in [2.45, 2.75) is 18.4 Å². The van der Waals surface area contributed by atoms with E-state index in [1.807, 2.05) is 13.0 Å². The summed E-state index contributed by atoms with van der Waals surface area (Å²) in [5, 5.41) is 8.95. The minimum absolute atomic E-state index is 0.159. The average Bonchev–Trinajstić information content (AvgIpc) is 2.68. The minimum Gasteiger partial charge on any atom is -0.487 e. The number of hydrogen-bond donors (Lipinski definition) is 2. The van der Waals surface area contributed by atoms with E-state index in [-0.39, 0.29) is 17.1 Å². The first-order chi connectivity index (χ1) is 13.3. The highest BCUT2D eigenvalue weighted by Crippen LogP contribution is 2.29. The number of anilines is 1. The summed E-state index contributed by atoms with van der Waals surface area (Å²) in [7, 11) is -3.75. The van der Waals surface area contributed by atoms with Crippen molar-refractivity contribution in [3.05, 3.63) is 89.5 Å². The Kier molecular flexibility index (Phi) is 5.65. The molecule has 0 unspecified atom stereocenters. The first-order valence-electron chi connectivity index (χ1n) is 8.49. The fourth-order valence-electron chi connectivity index (χ4n) is 2.56. The highest BCUT2D eigenvalue weighted by Gasteiger charge is 2.16. The van der Waals surface area contributed by atoms with Crippen LogP contribution in [0.1, 0.15) is 21.5 Å². The molecule has 0 spiro atoms. The number of rotatable bonds is 7. The van der Waals surface area contributed by atoms with E-state index in [2.05, 4.69) is 4.72 Å². The number of ether oxygens (including phenoxy) is 1. The standard InChI is InChI=1S/C21H19NO5S/c1-15-7-12-20(27-14-16-8-10-17(11-9-16)21(23)24)19(13-15)22-28(25,26)18-5-3-2-4-6-18/h2-13,22H,14H2,1H3,(H,23,24). The highest BCUT2D eigenvalue weighted by molar-refractivity contribution is 7.92. The van der Waals surface area contributed by atoms with Crippen molar-refractivity contribution in [2.75, 3.05) is 4.72 Å². The Bertz CT molecular complexity index is 1080. The van der Waals surface area contributed by atoms with Crippen molar-refractivity contribution in [3.8, 4) is 5.75 Å². The molecule has 0 fully saturated rings. The van der Waals surface area contributed by atoms with E-state index in [4.69, 9.17) is 9.84 Å². The van der Waals surface area contributed by atoms with Crippen LogP contribution in [-0.2, 0) is 16.6 Å². The molecule has 0 saturated carbocycles. The normalized spacial score (nSPS) is 11.0. The molecule has 6 nitrogen and oxygen atoms in total. The minimum atomic E-state index is -3.75. The summed E-state index contributed by atoms with van der Waals surface area (Å²) in [6.45, 7) is 2.03. The van der Waals surface area contributed by atoms with Gasteiger partial charge in [-0.05, 0) is 54.4 Å². The second kappa shape index (κ2) is 8.14. The fourth-order valence-corrected chi connectivity index (χ4v) is 3.64. The Hall–Kier alpha value is -3.32. The molecule has 0 radical (unpaired) electrons. The van der Waals surface area contributed by atoms with Crippen LogP contribution in [0.2, 0.25) is 0 Å². The highest BCUT2D eigenvalue weighted by atomic mass is 32.2. The second-order valence-corrected chi connectivity index (χ2v) is 7.89. The molecule has 0 aromatic heterocycles. The SMILES string of the molecule is Cc1ccc(OCc2ccc(C(=O)O)cc2)c(NS(=O)(=O)c2ccccc2)c1. The molecule has 3 aromatic carbocycles. The van der Waals surface area contributed by atoms with Gasteiger partial charge in [0.15, 0.2) is 0 Å². The maximum absolute atomic E-state index is 12.6. The molecule has 2 N–H and O–H groups in total. The van der Waals surface area contributed by atoms with E-state index in [0.717, 1.165) is 11.1 Å². The molecule has 0 bridgehead atoms. The van der Waals surface area contributed by atoms with Crippen LogP contribution in [0.15, 0.2) is 77.7 Å². The third-order valence-electron chi connectivity index (χ3n) is 4.03. The van der Waals surface area contributed by atoms with Gasteiger partial charge in [-0.15, -0.1) is 0 Å². The van der Waals surface area contributed by atoms with Gasteiger partial charge in [-0.3, -0.25) is 4.72 Å². The van der Waals surface area contributed by atoms with Crippen LogP contribution in [-0.4, -0.2) is 19.5 Å². The van der Waals surface area contributed by atoms with E-state index in [9.17, 15) is 13.2 Å². The van der Waals surface area contributed by atoms with Crippen molar-refractivity contribution < 1.29 is 23.1 Å². The Morgan fingerprint density at radius 3 is 2.32 bits per heavy atom. The van der Waals surface area contributed by atoms with E-state index in [0.29, 0.717) is 11.4 Å². The van der Waals surface area contributed by atoms with E-state index in [1.54, 1.807) is 42.5 Å². The number of carboxylic acids is 1. The molecule has 28 heavy (non-hydrogen) atoms. The Labute approximate surface area is 163 Å². The van der Waals surface area contributed by atoms with Crippen molar-refractivity contribution in [1.82, 2.24) is 0 Å². The summed E-state index contributed by atoms with van der Waals surface area (Å²) in [6, 6.07) is 19.6. The first kappa shape index (κ1) is 19.4. The van der Waals surface area contributed by atoms with Gasteiger partial charge in [-0.1, -0.05) is 36.4 Å². The summed E-state index contributed by atoms with van der Waals surface area (Å²) in [5.74, 6) is -0.615. The molecule has 0 aliphatic carbocycles. The lowest BCUT2D eigenvalue weighted by Crippen LogP contribution is -2.14. The second-order valence-electron chi connectivity index (χ2n) is 6.21. The molecule has 0 atom stereocenters. The lowest BCUT2D eigenvalue weighted by atomic mass is 10.1. The third kappa shape index (κ3) is 4.69. The third-order valence-corrected chi connectivity index (χ3v) is 5.41. The monoisotopic (exact) mass is 397 g/mol. The Morgan fingerprint density at radius 1 is 1.00 bits per heavy atom. The summed E-state index contributed by atoms with van der Waals surface area (Å²) in [5.41, 5.74) is 2.17. The van der Waals surface area contributed by atoms with Gasteiger partial charge in [-0.25, -0.2) is 13.2 Å². The average molecular weight is 397 g/mol. The smallest absolute Gasteiger partial charge is 0.335 e. The largest absolute Gasteiger partial charge is 0.487 e. The zero-order valence-corrected chi connectivity index (χ0v) is 15.9. The van der Waals surface area contributed by atoms with Gasteiger partial charge < -0.3 is 9.84 Å². The first-order valence-corrected chi connectivity index (χ1v) is 9.97. The number of sulfonamides is 1. The summed E-state index contributed by atoms with van der Waals surface area (Å²) in [4.78, 5) is 11.1. The summed E-state index contributed by atoms with van der Waals surface area (Å²) >= 11 is 0. The quantitative estimate of drug-likeness (QED) is 0.627. The predicted octanol–water partition coefficient (Wildman–Crippen LogP) is 4.07. The number of benzene rings is 3.